The van der Waals surface area contributed by atoms with Crippen LogP contribution in [0.25, 0.3) is 0 Å². The quantitative estimate of drug-likeness (QED) is 0.436. The van der Waals surface area contributed by atoms with Crippen LogP contribution in [0.2, 0.25) is 0 Å². The van der Waals surface area contributed by atoms with Crippen LogP contribution < -0.4 is 15.4 Å². The molecule has 1 aliphatic rings. The van der Waals surface area contributed by atoms with E-state index < -0.39 is 0 Å². The van der Waals surface area contributed by atoms with E-state index in [1.54, 1.807) is 0 Å². The lowest BCUT2D eigenvalue weighted by Crippen LogP contribution is -2.38. The number of hydrogen-bond acceptors (Lipinski definition) is 2. The number of hydrogen-bond donors (Lipinski definition) is 2. The van der Waals surface area contributed by atoms with Crippen molar-refractivity contribution in [2.24, 2.45) is 4.99 Å². The van der Waals surface area contributed by atoms with Gasteiger partial charge in [0.25, 0.3) is 0 Å². The number of halogens is 1. The Morgan fingerprint density at radius 3 is 2.71 bits per heavy atom. The van der Waals surface area contributed by atoms with E-state index in [1.165, 1.54) is 24.0 Å². The maximum absolute atomic E-state index is 5.64. The number of ether oxygens (including phenoxy) is 1. The second-order valence-electron chi connectivity index (χ2n) is 5.28. The Labute approximate surface area is 144 Å². The molecule has 0 radical (unpaired) electrons. The largest absolute Gasteiger partial charge is 0.494 e. The number of aliphatic imine (C=N–C) groups is 1. The van der Waals surface area contributed by atoms with Crippen LogP contribution in [0.15, 0.2) is 23.2 Å². The van der Waals surface area contributed by atoms with Gasteiger partial charge in [-0.1, -0.05) is 13.0 Å². The fourth-order valence-corrected chi connectivity index (χ4v) is 1.97. The molecule has 1 aromatic rings. The van der Waals surface area contributed by atoms with E-state index in [-0.39, 0.29) is 24.0 Å². The van der Waals surface area contributed by atoms with Gasteiger partial charge < -0.3 is 15.4 Å². The average Bonchev–Trinajstić information content (AvgIpc) is 3.26. The molecule has 21 heavy (non-hydrogen) atoms. The summed E-state index contributed by atoms with van der Waals surface area (Å²) in [7, 11) is 1.81. The van der Waals surface area contributed by atoms with Gasteiger partial charge in [0.2, 0.25) is 0 Å². The summed E-state index contributed by atoms with van der Waals surface area (Å²) < 4.78 is 5.64. The zero-order valence-corrected chi connectivity index (χ0v) is 15.4. The maximum atomic E-state index is 5.64. The van der Waals surface area contributed by atoms with E-state index in [1.807, 2.05) is 13.1 Å². The Morgan fingerprint density at radius 2 is 2.14 bits per heavy atom. The van der Waals surface area contributed by atoms with Crippen LogP contribution in [0.5, 0.6) is 5.75 Å². The van der Waals surface area contributed by atoms with Crippen molar-refractivity contribution in [3.05, 3.63) is 29.3 Å². The second kappa shape index (κ2) is 9.12. The highest BCUT2D eigenvalue weighted by atomic mass is 127. The van der Waals surface area contributed by atoms with Crippen LogP contribution >= 0.6 is 24.0 Å². The predicted octanol–water partition coefficient (Wildman–Crippen LogP) is 3.23. The summed E-state index contributed by atoms with van der Waals surface area (Å²) in [5, 5.41) is 6.74. The number of benzene rings is 1. The number of nitrogens with zero attached hydrogens (tertiary/aromatic N) is 1. The highest BCUT2D eigenvalue weighted by Gasteiger charge is 2.22. The van der Waals surface area contributed by atoms with Crippen LogP contribution in [0.4, 0.5) is 0 Å². The monoisotopic (exact) mass is 403 g/mol. The minimum atomic E-state index is 0. The number of nitrogens with one attached hydrogen (secondary N) is 2. The van der Waals surface area contributed by atoms with Crippen molar-refractivity contribution < 1.29 is 4.74 Å². The maximum Gasteiger partial charge on any atom is 0.191 e. The van der Waals surface area contributed by atoms with Crippen molar-refractivity contribution in [3.8, 4) is 5.75 Å². The lowest BCUT2D eigenvalue weighted by molar-refractivity contribution is 0.317. The van der Waals surface area contributed by atoms with Gasteiger partial charge in [-0.05, 0) is 49.4 Å². The summed E-state index contributed by atoms with van der Waals surface area (Å²) in [5.74, 6) is 1.84. The molecule has 0 aromatic heterocycles. The lowest BCUT2D eigenvalue weighted by atomic mass is 10.1. The van der Waals surface area contributed by atoms with Crippen molar-refractivity contribution in [2.45, 2.75) is 45.7 Å². The molecule has 2 rings (SSSR count). The van der Waals surface area contributed by atoms with Gasteiger partial charge in [-0.3, -0.25) is 4.99 Å². The average molecular weight is 403 g/mol. The highest BCUT2D eigenvalue weighted by molar-refractivity contribution is 14.0. The van der Waals surface area contributed by atoms with Gasteiger partial charge in [0.05, 0.1) is 6.61 Å². The van der Waals surface area contributed by atoms with Gasteiger partial charge in [-0.15, -0.1) is 24.0 Å². The van der Waals surface area contributed by atoms with Gasteiger partial charge in [-0.25, -0.2) is 0 Å². The van der Waals surface area contributed by atoms with E-state index in [9.17, 15) is 0 Å². The Bertz CT molecular complexity index is 473. The molecule has 5 heteroatoms. The van der Waals surface area contributed by atoms with Crippen LogP contribution in [0.1, 0.15) is 37.3 Å². The first kappa shape index (κ1) is 18.1. The van der Waals surface area contributed by atoms with Crippen molar-refractivity contribution in [3.63, 3.8) is 0 Å². The molecule has 0 heterocycles. The van der Waals surface area contributed by atoms with Gasteiger partial charge in [0.15, 0.2) is 5.96 Å². The minimum absolute atomic E-state index is 0. The Balaban J connectivity index is 0.00000220. The molecule has 0 unspecified atom stereocenters. The lowest BCUT2D eigenvalue weighted by Gasteiger charge is -2.13. The molecule has 1 aromatic carbocycles. The van der Waals surface area contributed by atoms with Gasteiger partial charge in [0, 0.05) is 19.6 Å². The topological polar surface area (TPSA) is 45.6 Å². The van der Waals surface area contributed by atoms with Crippen molar-refractivity contribution >= 4 is 29.9 Å². The molecular weight excluding hydrogens is 377 g/mol. The summed E-state index contributed by atoms with van der Waals surface area (Å²) in [4.78, 5) is 4.24. The summed E-state index contributed by atoms with van der Waals surface area (Å²) in [6, 6.07) is 6.88. The SMILES string of the molecule is CCCOc1ccc(CNC(=NC)NC2CC2)c(C)c1.I. The molecule has 1 aliphatic carbocycles. The molecule has 1 fully saturated rings. The normalized spacial score (nSPS) is 14.3. The summed E-state index contributed by atoms with van der Waals surface area (Å²) >= 11 is 0. The Kier molecular flexibility index (Phi) is 7.85. The van der Waals surface area contributed by atoms with E-state index in [0.717, 1.165) is 31.3 Å². The zero-order chi connectivity index (χ0) is 14.4. The standard InChI is InChI=1S/C16H25N3O.HI/c1-4-9-20-15-8-5-13(12(2)10-15)11-18-16(17-3)19-14-6-7-14;/h5,8,10,14H,4,6-7,9,11H2,1-3H3,(H2,17,18,19);1H. The first-order valence-corrected chi connectivity index (χ1v) is 7.42. The third kappa shape index (κ3) is 6.11. The Morgan fingerprint density at radius 1 is 1.38 bits per heavy atom. The summed E-state index contributed by atoms with van der Waals surface area (Å²) in [6.45, 7) is 5.79. The third-order valence-corrected chi connectivity index (χ3v) is 3.37. The van der Waals surface area contributed by atoms with Crippen LogP contribution in [0.3, 0.4) is 0 Å². The molecule has 1 saturated carbocycles. The van der Waals surface area contributed by atoms with Crippen LogP contribution in [0, 0.1) is 6.92 Å². The molecule has 0 bridgehead atoms. The van der Waals surface area contributed by atoms with Crippen molar-refractivity contribution in [1.82, 2.24) is 10.6 Å². The molecule has 4 nitrogen and oxygen atoms in total. The molecule has 0 saturated heterocycles. The van der Waals surface area contributed by atoms with E-state index in [0.29, 0.717) is 6.04 Å². The van der Waals surface area contributed by atoms with Crippen LogP contribution in [-0.2, 0) is 6.54 Å². The number of rotatable bonds is 6. The molecular formula is C16H26IN3O. The minimum Gasteiger partial charge on any atom is -0.494 e. The highest BCUT2D eigenvalue weighted by Crippen LogP contribution is 2.19. The molecule has 0 atom stereocenters. The Hall–Kier alpha value is -0.980. The van der Waals surface area contributed by atoms with Crippen molar-refractivity contribution in [1.29, 1.82) is 0 Å². The summed E-state index contributed by atoms with van der Waals surface area (Å²) in [6.07, 6.45) is 3.54. The first-order valence-electron chi connectivity index (χ1n) is 7.42. The number of guanidine groups is 1. The fraction of sp³-hybridized carbons (Fsp3) is 0.562. The van der Waals surface area contributed by atoms with Gasteiger partial charge in [0.1, 0.15) is 5.75 Å². The predicted molar refractivity (Wildman–Crippen MR) is 98.7 cm³/mol. The molecule has 2 N–H and O–H groups in total. The summed E-state index contributed by atoms with van der Waals surface area (Å²) in [5.41, 5.74) is 2.51. The third-order valence-electron chi connectivity index (χ3n) is 3.37. The first-order chi connectivity index (χ1) is 9.72. The number of aryl methyl sites for hydroxylation is 1. The van der Waals surface area contributed by atoms with Gasteiger partial charge >= 0.3 is 0 Å². The van der Waals surface area contributed by atoms with Crippen molar-refractivity contribution in [2.75, 3.05) is 13.7 Å². The molecule has 0 spiro atoms. The molecule has 0 amide bonds. The van der Waals surface area contributed by atoms with E-state index in [4.69, 9.17) is 4.74 Å². The second-order valence-corrected chi connectivity index (χ2v) is 5.28. The van der Waals surface area contributed by atoms with E-state index >= 15 is 0 Å². The van der Waals surface area contributed by atoms with Crippen LogP contribution in [-0.4, -0.2) is 25.7 Å². The fourth-order valence-electron chi connectivity index (χ4n) is 1.97. The zero-order valence-electron chi connectivity index (χ0n) is 13.1. The molecule has 0 aliphatic heterocycles. The van der Waals surface area contributed by atoms with E-state index in [2.05, 4.69) is 41.6 Å². The molecule has 118 valence electrons. The smallest absolute Gasteiger partial charge is 0.191 e. The van der Waals surface area contributed by atoms with Gasteiger partial charge in [-0.2, -0.15) is 0 Å².